The fraction of sp³-hybridized carbons (Fsp3) is 0.300. The Morgan fingerprint density at radius 3 is 2.38 bits per heavy atom. The van der Waals surface area contributed by atoms with Crippen LogP contribution >= 0.6 is 0 Å². The van der Waals surface area contributed by atoms with Crippen molar-refractivity contribution in [2.45, 2.75) is 29.7 Å². The molecule has 5 nitrogen and oxygen atoms in total. The zero-order chi connectivity index (χ0) is 17.9. The van der Waals surface area contributed by atoms with E-state index in [0.717, 1.165) is 10.5 Å². The van der Waals surface area contributed by atoms with E-state index in [9.17, 15) is 4.21 Å². The summed E-state index contributed by atoms with van der Waals surface area (Å²) in [5.74, 6) is 0. The third-order valence-corrected chi connectivity index (χ3v) is 5.88. The van der Waals surface area contributed by atoms with Crippen molar-refractivity contribution in [1.29, 1.82) is 0 Å². The first-order chi connectivity index (χ1) is 12.8. The Kier molecular flexibility index (Phi) is 5.28. The van der Waals surface area contributed by atoms with Crippen LogP contribution in [0.4, 0.5) is 0 Å². The van der Waals surface area contributed by atoms with E-state index in [2.05, 4.69) is 0 Å². The fourth-order valence-corrected chi connectivity index (χ4v) is 4.42. The molecule has 136 valence electrons. The molecule has 1 fully saturated rings. The Bertz CT molecular complexity index is 792. The van der Waals surface area contributed by atoms with Crippen LogP contribution in [0.1, 0.15) is 11.9 Å². The third kappa shape index (κ3) is 3.51. The minimum Gasteiger partial charge on any atom is -0.352 e. The molecule has 0 N–H and O–H groups in total. The van der Waals surface area contributed by atoms with Gasteiger partial charge in [0.05, 0.1) is 22.3 Å². The summed E-state index contributed by atoms with van der Waals surface area (Å²) in [5.41, 5.74) is 0.921. The van der Waals surface area contributed by atoms with Gasteiger partial charge in [0, 0.05) is 17.6 Å². The van der Waals surface area contributed by atoms with Crippen LogP contribution in [-0.4, -0.2) is 36.4 Å². The van der Waals surface area contributed by atoms with Crippen molar-refractivity contribution in [2.24, 2.45) is 0 Å². The Labute approximate surface area is 155 Å². The SMILES string of the molecule is CO[C@@H]1C=C(S(=O)c2ccccc2)[C@@H]2O[C@H](c3ccccc3)OC[C@H]2O1. The molecule has 26 heavy (non-hydrogen) atoms. The fourth-order valence-electron chi connectivity index (χ4n) is 3.09. The number of ether oxygens (including phenoxy) is 4. The summed E-state index contributed by atoms with van der Waals surface area (Å²) in [4.78, 5) is 1.38. The third-order valence-electron chi connectivity index (χ3n) is 4.38. The molecule has 0 radical (unpaired) electrons. The molecule has 2 aromatic carbocycles. The molecule has 2 heterocycles. The van der Waals surface area contributed by atoms with Gasteiger partial charge in [0.15, 0.2) is 12.6 Å². The van der Waals surface area contributed by atoms with Gasteiger partial charge in [0.2, 0.25) is 0 Å². The van der Waals surface area contributed by atoms with Gasteiger partial charge in [-0.1, -0.05) is 48.5 Å². The molecule has 1 saturated heterocycles. The molecule has 0 bridgehead atoms. The molecular formula is C20H20O5S. The maximum atomic E-state index is 13.2. The summed E-state index contributed by atoms with van der Waals surface area (Å²) >= 11 is 0. The molecule has 2 aliphatic rings. The molecule has 0 amide bonds. The highest BCUT2D eigenvalue weighted by atomic mass is 32.2. The standard InChI is InChI=1S/C20H20O5S/c1-22-18-12-17(26(21)15-10-6-3-7-11-15)19-16(24-18)13-23-20(25-19)14-8-4-2-5-9-14/h2-12,16,18-20H,13H2,1H3/t16-,18+,19-,20-,26?/m1/s1. The van der Waals surface area contributed by atoms with Crippen molar-refractivity contribution >= 4 is 10.8 Å². The van der Waals surface area contributed by atoms with Crippen molar-refractivity contribution in [2.75, 3.05) is 13.7 Å². The van der Waals surface area contributed by atoms with Gasteiger partial charge >= 0.3 is 0 Å². The van der Waals surface area contributed by atoms with Crippen LogP contribution in [0.25, 0.3) is 0 Å². The number of benzene rings is 2. The van der Waals surface area contributed by atoms with Crippen molar-refractivity contribution in [3.05, 3.63) is 77.2 Å². The summed E-state index contributed by atoms with van der Waals surface area (Å²) in [5, 5.41) is 0. The smallest absolute Gasteiger partial charge is 0.184 e. The van der Waals surface area contributed by atoms with Gasteiger partial charge in [-0.05, 0) is 18.2 Å². The predicted molar refractivity (Wildman–Crippen MR) is 96.6 cm³/mol. The molecule has 0 aliphatic carbocycles. The molecule has 0 spiro atoms. The number of methoxy groups -OCH3 is 1. The molecule has 2 aliphatic heterocycles. The number of fused-ring (bicyclic) bond motifs is 1. The number of hydrogen-bond donors (Lipinski definition) is 0. The summed E-state index contributed by atoms with van der Waals surface area (Å²) in [6.45, 7) is 0.341. The van der Waals surface area contributed by atoms with E-state index >= 15 is 0 Å². The minimum absolute atomic E-state index is 0.341. The van der Waals surface area contributed by atoms with Crippen LogP contribution in [0.5, 0.6) is 0 Å². The Hall–Kier alpha value is -1.83. The second-order valence-corrected chi connectivity index (χ2v) is 7.54. The van der Waals surface area contributed by atoms with Gasteiger partial charge in [-0.2, -0.15) is 0 Å². The molecule has 2 aromatic rings. The van der Waals surface area contributed by atoms with E-state index in [1.165, 1.54) is 0 Å². The topological polar surface area (TPSA) is 54.0 Å². The zero-order valence-corrected chi connectivity index (χ0v) is 15.1. The van der Waals surface area contributed by atoms with E-state index in [0.29, 0.717) is 11.5 Å². The highest BCUT2D eigenvalue weighted by molar-refractivity contribution is 7.89. The van der Waals surface area contributed by atoms with Crippen LogP contribution in [0.3, 0.4) is 0 Å². The van der Waals surface area contributed by atoms with Gasteiger partial charge in [0.25, 0.3) is 0 Å². The summed E-state index contributed by atoms with van der Waals surface area (Å²) < 4.78 is 36.3. The highest BCUT2D eigenvalue weighted by Crippen LogP contribution is 2.36. The lowest BCUT2D eigenvalue weighted by molar-refractivity contribution is -0.282. The Balaban J connectivity index is 1.64. The quantitative estimate of drug-likeness (QED) is 0.825. The van der Waals surface area contributed by atoms with Gasteiger partial charge in [-0.3, -0.25) is 0 Å². The Morgan fingerprint density at radius 1 is 1.00 bits per heavy atom. The van der Waals surface area contributed by atoms with E-state index in [1.807, 2.05) is 60.7 Å². The molecule has 0 saturated carbocycles. The number of rotatable bonds is 4. The molecular weight excluding hydrogens is 352 g/mol. The van der Waals surface area contributed by atoms with E-state index in [1.54, 1.807) is 13.2 Å². The first-order valence-electron chi connectivity index (χ1n) is 8.45. The summed E-state index contributed by atoms with van der Waals surface area (Å²) in [7, 11) is 0.196. The molecule has 1 unspecified atom stereocenters. The van der Waals surface area contributed by atoms with Crippen LogP contribution in [0.2, 0.25) is 0 Å². The molecule has 4 rings (SSSR count). The molecule has 5 atom stereocenters. The predicted octanol–water partition coefficient (Wildman–Crippen LogP) is 3.16. The van der Waals surface area contributed by atoms with E-state index < -0.39 is 29.5 Å². The lowest BCUT2D eigenvalue weighted by atomic mass is 10.1. The average Bonchev–Trinajstić information content (AvgIpc) is 2.73. The van der Waals surface area contributed by atoms with Crippen molar-refractivity contribution in [3.8, 4) is 0 Å². The lowest BCUT2D eigenvalue weighted by Gasteiger charge is -2.41. The summed E-state index contributed by atoms with van der Waals surface area (Å²) in [6.07, 6.45) is -0.165. The van der Waals surface area contributed by atoms with Gasteiger partial charge < -0.3 is 18.9 Å². The van der Waals surface area contributed by atoms with Crippen LogP contribution in [0.15, 0.2) is 76.5 Å². The minimum atomic E-state index is -1.36. The second-order valence-electron chi connectivity index (χ2n) is 6.06. The maximum Gasteiger partial charge on any atom is 0.184 e. The average molecular weight is 372 g/mol. The number of hydrogen-bond acceptors (Lipinski definition) is 5. The van der Waals surface area contributed by atoms with Gasteiger partial charge in [0.1, 0.15) is 12.2 Å². The van der Waals surface area contributed by atoms with Crippen molar-refractivity contribution in [3.63, 3.8) is 0 Å². The van der Waals surface area contributed by atoms with Crippen molar-refractivity contribution < 1.29 is 23.2 Å². The first-order valence-corrected chi connectivity index (χ1v) is 9.60. The van der Waals surface area contributed by atoms with E-state index in [-0.39, 0.29) is 6.10 Å². The van der Waals surface area contributed by atoms with Crippen LogP contribution in [-0.2, 0) is 29.7 Å². The van der Waals surface area contributed by atoms with Crippen molar-refractivity contribution in [1.82, 2.24) is 0 Å². The maximum absolute atomic E-state index is 13.2. The first kappa shape index (κ1) is 17.6. The summed E-state index contributed by atoms with van der Waals surface area (Å²) in [6, 6.07) is 19.0. The Morgan fingerprint density at radius 2 is 1.69 bits per heavy atom. The largest absolute Gasteiger partial charge is 0.352 e. The monoisotopic (exact) mass is 372 g/mol. The lowest BCUT2D eigenvalue weighted by Crippen LogP contribution is -2.48. The molecule has 6 heteroatoms. The van der Waals surface area contributed by atoms with Crippen LogP contribution in [0, 0.1) is 0 Å². The van der Waals surface area contributed by atoms with Gasteiger partial charge in [-0.15, -0.1) is 0 Å². The van der Waals surface area contributed by atoms with Crippen LogP contribution < -0.4 is 0 Å². The molecule has 0 aromatic heterocycles. The second kappa shape index (κ2) is 7.82. The zero-order valence-electron chi connectivity index (χ0n) is 14.3. The van der Waals surface area contributed by atoms with E-state index in [4.69, 9.17) is 18.9 Å². The highest BCUT2D eigenvalue weighted by Gasteiger charge is 2.42. The van der Waals surface area contributed by atoms with Gasteiger partial charge in [-0.25, -0.2) is 4.21 Å². The normalized spacial score (nSPS) is 29.5.